The Hall–Kier alpha value is -3.64. The van der Waals surface area contributed by atoms with E-state index in [9.17, 15) is 4.79 Å². The van der Waals surface area contributed by atoms with E-state index in [0.29, 0.717) is 13.2 Å². The highest BCUT2D eigenvalue weighted by atomic mass is 16.6. The Morgan fingerprint density at radius 1 is 1.17 bits per heavy atom. The summed E-state index contributed by atoms with van der Waals surface area (Å²) in [5.41, 5.74) is 8.60. The van der Waals surface area contributed by atoms with Gasteiger partial charge < -0.3 is 19.4 Å². The lowest BCUT2D eigenvalue weighted by molar-refractivity contribution is 0.0827. The minimum absolute atomic E-state index is 0.267. The topological polar surface area (TPSA) is 67.5 Å². The van der Waals surface area contributed by atoms with Crippen molar-refractivity contribution in [3.8, 4) is 11.1 Å². The van der Waals surface area contributed by atoms with Crippen molar-refractivity contribution >= 4 is 17.1 Å². The van der Waals surface area contributed by atoms with E-state index in [2.05, 4.69) is 35.1 Å². The zero-order chi connectivity index (χ0) is 24.0. The summed E-state index contributed by atoms with van der Waals surface area (Å²) in [6.45, 7) is 3.65. The number of benzene rings is 2. The fourth-order valence-electron chi connectivity index (χ4n) is 5.25. The van der Waals surface area contributed by atoms with E-state index in [1.807, 2.05) is 49.8 Å². The van der Waals surface area contributed by atoms with Crippen LogP contribution in [0.15, 0.2) is 60.9 Å². The van der Waals surface area contributed by atoms with Gasteiger partial charge in [-0.3, -0.25) is 0 Å². The van der Waals surface area contributed by atoms with E-state index >= 15 is 0 Å². The van der Waals surface area contributed by atoms with Gasteiger partial charge in [0.25, 0.3) is 0 Å². The summed E-state index contributed by atoms with van der Waals surface area (Å²) in [5, 5.41) is 1.13. The van der Waals surface area contributed by atoms with Gasteiger partial charge in [0, 0.05) is 30.4 Å². The number of rotatable bonds is 5. The second-order valence-corrected chi connectivity index (χ2v) is 9.69. The summed E-state index contributed by atoms with van der Waals surface area (Å²) in [6.07, 6.45) is 6.32. The van der Waals surface area contributed by atoms with Crippen LogP contribution < -0.4 is 0 Å². The number of aromatic amines is 1. The molecule has 0 unspecified atom stereocenters. The van der Waals surface area contributed by atoms with Crippen molar-refractivity contribution in [2.24, 2.45) is 0 Å². The first-order valence-corrected chi connectivity index (χ1v) is 12.2. The van der Waals surface area contributed by atoms with Crippen molar-refractivity contribution in [1.29, 1.82) is 0 Å². The summed E-state index contributed by atoms with van der Waals surface area (Å²) in [7, 11) is 1.86. The van der Waals surface area contributed by atoms with Crippen molar-refractivity contribution in [2.75, 3.05) is 13.7 Å². The normalized spacial score (nSPS) is 16.1. The van der Waals surface area contributed by atoms with Crippen LogP contribution in [0.25, 0.3) is 22.2 Å². The second kappa shape index (κ2) is 8.54. The molecule has 1 saturated carbocycles. The van der Waals surface area contributed by atoms with Gasteiger partial charge in [0.1, 0.15) is 12.3 Å². The molecule has 1 aliphatic carbocycles. The molecule has 2 aromatic carbocycles. The molecule has 1 fully saturated rings. The number of carbonyl (C=O) groups is 1. The Morgan fingerprint density at radius 3 is 2.80 bits per heavy atom. The van der Waals surface area contributed by atoms with Crippen molar-refractivity contribution in [3.63, 3.8) is 0 Å². The lowest BCUT2D eigenvalue weighted by Crippen LogP contribution is -2.38. The molecule has 6 nitrogen and oxygen atoms in total. The number of nitrogens with zero attached hydrogens (tertiary/aromatic N) is 2. The molecular formula is C29H29N3O3. The van der Waals surface area contributed by atoms with E-state index in [0.717, 1.165) is 47.0 Å². The number of ether oxygens (including phenoxy) is 2. The number of aromatic nitrogens is 2. The van der Waals surface area contributed by atoms with Gasteiger partial charge in [0.05, 0.1) is 18.8 Å². The maximum absolute atomic E-state index is 13.1. The van der Waals surface area contributed by atoms with Gasteiger partial charge in [-0.1, -0.05) is 36.4 Å². The molecule has 178 valence electrons. The van der Waals surface area contributed by atoms with Crippen molar-refractivity contribution in [3.05, 3.63) is 88.7 Å². The number of nitrogens with one attached hydrogen (secondary N) is 1. The molecule has 2 aromatic heterocycles. The highest BCUT2D eigenvalue weighted by Gasteiger charge is 2.52. The lowest BCUT2D eigenvalue weighted by atomic mass is 9.87. The molecule has 1 amide bonds. The molecule has 6 rings (SSSR count). The summed E-state index contributed by atoms with van der Waals surface area (Å²) in [4.78, 5) is 22.8. The highest BCUT2D eigenvalue weighted by Crippen LogP contribution is 2.53. The predicted molar refractivity (Wildman–Crippen MR) is 135 cm³/mol. The fourth-order valence-corrected chi connectivity index (χ4v) is 5.25. The Labute approximate surface area is 204 Å². The van der Waals surface area contributed by atoms with Crippen LogP contribution in [0.1, 0.15) is 40.7 Å². The molecular weight excluding hydrogens is 438 g/mol. The van der Waals surface area contributed by atoms with E-state index in [1.165, 1.54) is 22.3 Å². The van der Waals surface area contributed by atoms with Gasteiger partial charge in [-0.05, 0) is 71.7 Å². The smallest absolute Gasteiger partial charge is 0.410 e. The van der Waals surface area contributed by atoms with E-state index in [4.69, 9.17) is 9.47 Å². The van der Waals surface area contributed by atoms with Gasteiger partial charge in [0.15, 0.2) is 0 Å². The number of fused-ring (bicyclic) bond motifs is 2. The number of carbonyl (C=O) groups excluding carboxylic acids is 1. The fraction of sp³-hybridized carbons (Fsp3) is 0.310. The number of hydrogen-bond donors (Lipinski definition) is 1. The Bertz CT molecular complexity index is 1410. The zero-order valence-corrected chi connectivity index (χ0v) is 20.1. The molecule has 0 spiro atoms. The average Bonchev–Trinajstić information content (AvgIpc) is 3.63. The van der Waals surface area contributed by atoms with Crippen LogP contribution in [0, 0.1) is 6.92 Å². The average molecular weight is 468 g/mol. The van der Waals surface area contributed by atoms with Crippen LogP contribution in [0.2, 0.25) is 0 Å². The van der Waals surface area contributed by atoms with E-state index in [-0.39, 0.29) is 18.2 Å². The Kier molecular flexibility index (Phi) is 5.33. The van der Waals surface area contributed by atoms with E-state index < -0.39 is 0 Å². The maximum atomic E-state index is 13.1. The van der Waals surface area contributed by atoms with E-state index in [1.54, 1.807) is 4.90 Å². The minimum Gasteiger partial charge on any atom is -0.445 e. The number of H-pyrrole nitrogens is 1. The quantitative estimate of drug-likeness (QED) is 0.399. The summed E-state index contributed by atoms with van der Waals surface area (Å²) < 4.78 is 11.6. The molecule has 0 radical (unpaired) electrons. The number of hydrogen-bond acceptors (Lipinski definition) is 4. The predicted octanol–water partition coefficient (Wildman–Crippen LogP) is 5.87. The van der Waals surface area contributed by atoms with Gasteiger partial charge in [-0.15, -0.1) is 0 Å². The molecule has 6 heteroatoms. The monoisotopic (exact) mass is 467 g/mol. The summed E-state index contributed by atoms with van der Waals surface area (Å²) >= 11 is 0. The van der Waals surface area contributed by atoms with Crippen molar-refractivity contribution in [1.82, 2.24) is 14.9 Å². The molecule has 0 saturated heterocycles. The molecule has 1 aliphatic heterocycles. The van der Waals surface area contributed by atoms with Crippen LogP contribution in [-0.4, -0.2) is 34.6 Å². The minimum atomic E-state index is -0.365. The highest BCUT2D eigenvalue weighted by molar-refractivity contribution is 5.85. The van der Waals surface area contributed by atoms with Gasteiger partial charge in [0.2, 0.25) is 0 Å². The summed E-state index contributed by atoms with van der Waals surface area (Å²) in [6, 6.07) is 16.5. The maximum Gasteiger partial charge on any atom is 0.410 e. The summed E-state index contributed by atoms with van der Waals surface area (Å²) in [5.74, 6) is 0. The van der Waals surface area contributed by atoms with Crippen LogP contribution in [-0.2, 0) is 34.6 Å². The van der Waals surface area contributed by atoms with Gasteiger partial charge in [-0.25, -0.2) is 9.78 Å². The number of aryl methyl sites for hydroxylation is 1. The van der Waals surface area contributed by atoms with Crippen LogP contribution in [0.4, 0.5) is 4.79 Å². The first-order valence-electron chi connectivity index (χ1n) is 12.2. The standard InChI is InChI=1S/C29H29N3O3/c1-19-15-30-27-24(19)13-23(16-31-27)22-12-21-8-11-34-18-25(21)26(14-22)29(9-10-29)32(2)28(33)35-17-20-6-4-3-5-7-20/h3-7,12-16H,8-11,17-18H2,1-2H3,(H,30,31). The molecule has 0 atom stereocenters. The van der Waals surface area contributed by atoms with Gasteiger partial charge in [-0.2, -0.15) is 0 Å². The lowest BCUT2D eigenvalue weighted by Gasteiger charge is -2.32. The molecule has 4 aromatic rings. The third-order valence-electron chi connectivity index (χ3n) is 7.52. The van der Waals surface area contributed by atoms with Crippen molar-refractivity contribution < 1.29 is 14.3 Å². The first-order chi connectivity index (χ1) is 17.0. The van der Waals surface area contributed by atoms with Crippen molar-refractivity contribution in [2.45, 2.75) is 44.9 Å². The molecule has 1 N–H and O–H groups in total. The Balaban J connectivity index is 1.36. The van der Waals surface area contributed by atoms with Gasteiger partial charge >= 0.3 is 6.09 Å². The van der Waals surface area contributed by atoms with Crippen LogP contribution in [0.5, 0.6) is 0 Å². The zero-order valence-electron chi connectivity index (χ0n) is 20.1. The molecule has 35 heavy (non-hydrogen) atoms. The third-order valence-corrected chi connectivity index (χ3v) is 7.52. The van der Waals surface area contributed by atoms with Crippen LogP contribution in [0.3, 0.4) is 0 Å². The molecule has 3 heterocycles. The SMILES string of the molecule is Cc1c[nH]c2ncc(-c3cc4c(c(C5(N(C)C(=O)OCc6ccccc6)CC5)c3)COCC4)cc12. The second-order valence-electron chi connectivity index (χ2n) is 9.69. The third kappa shape index (κ3) is 3.88. The number of amides is 1. The molecule has 0 bridgehead atoms. The largest absolute Gasteiger partial charge is 0.445 e. The number of pyridine rings is 1. The molecule has 2 aliphatic rings. The Morgan fingerprint density at radius 2 is 2.00 bits per heavy atom. The first kappa shape index (κ1) is 21.9. The van der Waals surface area contributed by atoms with Crippen LogP contribution >= 0.6 is 0 Å².